The number of rotatable bonds is 0. The summed E-state index contributed by atoms with van der Waals surface area (Å²) >= 11 is 0. The van der Waals surface area contributed by atoms with E-state index in [0.29, 0.717) is 0 Å². The molecule has 0 N–H and O–H groups in total. The van der Waals surface area contributed by atoms with Gasteiger partial charge in [-0.05, 0) is 58.4 Å². The highest BCUT2D eigenvalue weighted by Crippen LogP contribution is 2.39. The van der Waals surface area contributed by atoms with Crippen LogP contribution in [-0.4, -0.2) is 0 Å². The van der Waals surface area contributed by atoms with Crippen molar-refractivity contribution in [1.29, 1.82) is 0 Å². The topological polar surface area (TPSA) is 26.3 Å². The van der Waals surface area contributed by atoms with Gasteiger partial charge >= 0.3 is 0 Å². The first-order chi connectivity index (χ1) is 13.1. The molecule has 0 bridgehead atoms. The number of hydrogen-bond acceptors (Lipinski definition) is 2. The molecule has 2 aromatic heterocycles. The lowest BCUT2D eigenvalue weighted by atomic mass is 9.86. The Hall–Kier alpha value is -2.74. The highest BCUT2D eigenvalue weighted by Gasteiger charge is 2.19. The van der Waals surface area contributed by atoms with Gasteiger partial charge in [0.1, 0.15) is 22.3 Å². The van der Waals surface area contributed by atoms with E-state index >= 15 is 0 Å². The monoisotopic (exact) mass is 370 g/mol. The quantitative estimate of drug-likeness (QED) is 0.275. The Morgan fingerprint density at radius 3 is 1.18 bits per heavy atom. The molecule has 0 spiro atoms. The van der Waals surface area contributed by atoms with Gasteiger partial charge in [-0.15, -0.1) is 0 Å². The van der Waals surface area contributed by atoms with E-state index in [2.05, 4.69) is 90.1 Å². The fourth-order valence-electron chi connectivity index (χ4n) is 3.98. The highest BCUT2D eigenvalue weighted by atomic mass is 16.3. The van der Waals surface area contributed by atoms with Crippen LogP contribution >= 0.6 is 0 Å². The minimum absolute atomic E-state index is 0.102. The van der Waals surface area contributed by atoms with Crippen molar-refractivity contribution in [2.45, 2.75) is 52.4 Å². The van der Waals surface area contributed by atoms with Crippen LogP contribution in [-0.2, 0) is 10.8 Å². The van der Waals surface area contributed by atoms with E-state index in [1.165, 1.54) is 11.1 Å². The lowest BCUT2D eigenvalue weighted by molar-refractivity contribution is 0.590. The molecule has 5 aromatic rings. The highest BCUT2D eigenvalue weighted by molar-refractivity contribution is 6.14. The van der Waals surface area contributed by atoms with Gasteiger partial charge in [-0.1, -0.05) is 53.7 Å². The summed E-state index contributed by atoms with van der Waals surface area (Å²) in [5.41, 5.74) is 6.50. The van der Waals surface area contributed by atoms with Crippen LogP contribution in [0.25, 0.3) is 43.9 Å². The van der Waals surface area contributed by atoms with Crippen LogP contribution in [0.1, 0.15) is 52.7 Å². The molecule has 0 saturated carbocycles. The van der Waals surface area contributed by atoms with E-state index in [0.717, 1.165) is 43.9 Å². The largest absolute Gasteiger partial charge is 0.456 e. The average molecular weight is 370 g/mol. The zero-order valence-electron chi connectivity index (χ0n) is 17.4. The van der Waals surface area contributed by atoms with Gasteiger partial charge in [0.25, 0.3) is 0 Å². The fraction of sp³-hybridized carbons (Fsp3) is 0.308. The summed E-state index contributed by atoms with van der Waals surface area (Å²) in [6, 6.07) is 17.3. The van der Waals surface area contributed by atoms with Gasteiger partial charge in [-0.3, -0.25) is 0 Å². The number of furan rings is 2. The van der Waals surface area contributed by atoms with Crippen molar-refractivity contribution in [3.63, 3.8) is 0 Å². The normalized spacial score (nSPS) is 13.4. The Labute approximate surface area is 165 Å². The second-order valence-corrected chi connectivity index (χ2v) is 9.97. The molecule has 5 rings (SSSR count). The minimum atomic E-state index is 0.102. The van der Waals surface area contributed by atoms with Crippen LogP contribution in [0.2, 0.25) is 0 Å². The predicted octanol–water partition coefficient (Wildman–Crippen LogP) is 8.08. The molecule has 0 saturated heterocycles. The van der Waals surface area contributed by atoms with Gasteiger partial charge in [-0.25, -0.2) is 0 Å². The Morgan fingerprint density at radius 2 is 0.821 bits per heavy atom. The van der Waals surface area contributed by atoms with Crippen molar-refractivity contribution in [1.82, 2.24) is 0 Å². The molecule has 2 heterocycles. The van der Waals surface area contributed by atoms with Gasteiger partial charge in [0, 0.05) is 21.5 Å². The molecule has 28 heavy (non-hydrogen) atoms. The smallest absolute Gasteiger partial charge is 0.136 e. The van der Waals surface area contributed by atoms with Crippen LogP contribution in [0, 0.1) is 0 Å². The Morgan fingerprint density at radius 1 is 0.464 bits per heavy atom. The second kappa shape index (κ2) is 5.41. The third-order valence-corrected chi connectivity index (χ3v) is 5.79. The summed E-state index contributed by atoms with van der Waals surface area (Å²) in [6.45, 7) is 13.4. The molecule has 2 heteroatoms. The summed E-state index contributed by atoms with van der Waals surface area (Å²) in [5.74, 6) is 0. The van der Waals surface area contributed by atoms with Crippen molar-refractivity contribution in [3.05, 3.63) is 59.7 Å². The maximum atomic E-state index is 6.20. The van der Waals surface area contributed by atoms with Crippen LogP contribution in [0.5, 0.6) is 0 Å². The number of benzene rings is 3. The predicted molar refractivity (Wildman–Crippen MR) is 118 cm³/mol. The molecular formula is C26H26O2. The van der Waals surface area contributed by atoms with Crippen molar-refractivity contribution >= 4 is 43.9 Å². The number of fused-ring (bicyclic) bond motifs is 6. The third-order valence-electron chi connectivity index (χ3n) is 5.79. The first-order valence-corrected chi connectivity index (χ1v) is 9.95. The molecule has 0 aliphatic rings. The van der Waals surface area contributed by atoms with Crippen molar-refractivity contribution < 1.29 is 8.83 Å². The standard InChI is InChI=1S/C26H26O2/c1-25(2,3)15-7-9-21-17(11-15)19-13-24-20(14-23(19)27-21)18-12-16(26(4,5)6)8-10-22(18)28-24/h7-14H,1-6H3. The van der Waals surface area contributed by atoms with E-state index in [1.807, 2.05) is 0 Å². The minimum Gasteiger partial charge on any atom is -0.456 e. The second-order valence-electron chi connectivity index (χ2n) is 9.97. The molecule has 0 amide bonds. The fourth-order valence-corrected chi connectivity index (χ4v) is 3.98. The van der Waals surface area contributed by atoms with Crippen LogP contribution in [0.15, 0.2) is 57.4 Å². The Kier molecular flexibility index (Phi) is 3.35. The molecular weight excluding hydrogens is 344 g/mol. The van der Waals surface area contributed by atoms with Crippen molar-refractivity contribution in [2.24, 2.45) is 0 Å². The maximum Gasteiger partial charge on any atom is 0.136 e. The molecule has 0 atom stereocenters. The van der Waals surface area contributed by atoms with Crippen molar-refractivity contribution in [3.8, 4) is 0 Å². The van der Waals surface area contributed by atoms with E-state index in [1.54, 1.807) is 0 Å². The summed E-state index contributed by atoms with van der Waals surface area (Å²) in [5, 5.41) is 4.53. The van der Waals surface area contributed by atoms with Gasteiger partial charge in [-0.2, -0.15) is 0 Å². The average Bonchev–Trinajstić information content (AvgIpc) is 3.14. The van der Waals surface area contributed by atoms with Crippen molar-refractivity contribution in [2.75, 3.05) is 0 Å². The SMILES string of the molecule is CC(C)(C)c1ccc2oc3cc4c(cc3c2c1)oc1ccc(C(C)(C)C)cc14. The third kappa shape index (κ3) is 2.55. The Balaban J connectivity index is 1.82. The van der Waals surface area contributed by atoms with Crippen LogP contribution < -0.4 is 0 Å². The molecule has 0 aliphatic heterocycles. The van der Waals surface area contributed by atoms with E-state index < -0.39 is 0 Å². The van der Waals surface area contributed by atoms with Gasteiger partial charge in [0.05, 0.1) is 0 Å². The maximum absolute atomic E-state index is 6.20. The summed E-state index contributed by atoms with van der Waals surface area (Å²) in [7, 11) is 0. The van der Waals surface area contributed by atoms with E-state index in [9.17, 15) is 0 Å². The zero-order chi connectivity index (χ0) is 19.8. The van der Waals surface area contributed by atoms with Crippen LogP contribution in [0.3, 0.4) is 0 Å². The first-order valence-electron chi connectivity index (χ1n) is 9.95. The summed E-state index contributed by atoms with van der Waals surface area (Å²) in [6.07, 6.45) is 0. The summed E-state index contributed by atoms with van der Waals surface area (Å²) < 4.78 is 12.4. The molecule has 142 valence electrons. The zero-order valence-corrected chi connectivity index (χ0v) is 17.4. The molecule has 0 fully saturated rings. The number of hydrogen-bond donors (Lipinski definition) is 0. The van der Waals surface area contributed by atoms with E-state index in [-0.39, 0.29) is 10.8 Å². The van der Waals surface area contributed by atoms with E-state index in [4.69, 9.17) is 8.83 Å². The van der Waals surface area contributed by atoms with Crippen LogP contribution in [0.4, 0.5) is 0 Å². The summed E-state index contributed by atoms with van der Waals surface area (Å²) in [4.78, 5) is 0. The van der Waals surface area contributed by atoms with Gasteiger partial charge < -0.3 is 8.83 Å². The molecule has 3 aromatic carbocycles. The Bertz CT molecular complexity index is 1260. The molecule has 0 radical (unpaired) electrons. The molecule has 0 unspecified atom stereocenters. The lowest BCUT2D eigenvalue weighted by Gasteiger charge is -2.18. The van der Waals surface area contributed by atoms with Gasteiger partial charge in [0.15, 0.2) is 0 Å². The molecule has 2 nitrogen and oxygen atoms in total. The first kappa shape index (κ1) is 17.4. The lowest BCUT2D eigenvalue weighted by Crippen LogP contribution is -2.10. The van der Waals surface area contributed by atoms with Gasteiger partial charge in [0.2, 0.25) is 0 Å². The molecule has 0 aliphatic carbocycles.